The number of carbonyl (C=O) groups excluding carboxylic acids is 1. The van der Waals surface area contributed by atoms with E-state index in [-0.39, 0.29) is 11.9 Å². The standard InChI is InChI=1S/C12H20N4O/c1-10(16-9-13-8-15-16)12(17)14-7-11-5-3-2-4-6-11/h8-11H,2-7H2,1H3,(H,14,17)/t10-/m1/s1. The second-order valence-corrected chi connectivity index (χ2v) is 4.80. The molecule has 1 fully saturated rings. The van der Waals surface area contributed by atoms with E-state index in [0.29, 0.717) is 5.92 Å². The molecule has 0 aromatic carbocycles. The van der Waals surface area contributed by atoms with Crippen molar-refractivity contribution in [3.05, 3.63) is 12.7 Å². The molecule has 0 spiro atoms. The lowest BCUT2D eigenvalue weighted by molar-refractivity contribution is -0.124. The van der Waals surface area contributed by atoms with Crippen LogP contribution in [0.3, 0.4) is 0 Å². The van der Waals surface area contributed by atoms with Gasteiger partial charge in [-0.3, -0.25) is 4.79 Å². The van der Waals surface area contributed by atoms with Crippen LogP contribution in [-0.4, -0.2) is 27.2 Å². The van der Waals surface area contributed by atoms with Gasteiger partial charge in [-0.15, -0.1) is 0 Å². The fourth-order valence-corrected chi connectivity index (χ4v) is 2.32. The van der Waals surface area contributed by atoms with Crippen LogP contribution < -0.4 is 5.32 Å². The molecule has 17 heavy (non-hydrogen) atoms. The van der Waals surface area contributed by atoms with Crippen molar-refractivity contribution in [3.8, 4) is 0 Å². The highest BCUT2D eigenvalue weighted by Gasteiger charge is 2.18. The van der Waals surface area contributed by atoms with E-state index in [9.17, 15) is 4.79 Å². The first kappa shape index (κ1) is 12.1. The van der Waals surface area contributed by atoms with E-state index in [1.54, 1.807) is 11.0 Å². The Kier molecular flexibility index (Phi) is 4.12. The fourth-order valence-electron chi connectivity index (χ4n) is 2.32. The molecule has 94 valence electrons. The minimum Gasteiger partial charge on any atom is -0.354 e. The smallest absolute Gasteiger partial charge is 0.244 e. The van der Waals surface area contributed by atoms with Gasteiger partial charge in [-0.05, 0) is 25.7 Å². The Labute approximate surface area is 102 Å². The molecular formula is C12H20N4O. The van der Waals surface area contributed by atoms with Gasteiger partial charge in [-0.2, -0.15) is 5.10 Å². The van der Waals surface area contributed by atoms with Crippen molar-refractivity contribution >= 4 is 5.91 Å². The van der Waals surface area contributed by atoms with Crippen molar-refractivity contribution in [3.63, 3.8) is 0 Å². The number of aromatic nitrogens is 3. The Morgan fingerprint density at radius 3 is 2.88 bits per heavy atom. The van der Waals surface area contributed by atoms with Gasteiger partial charge in [0.2, 0.25) is 5.91 Å². The lowest BCUT2D eigenvalue weighted by atomic mass is 9.89. The average molecular weight is 236 g/mol. The molecule has 5 heteroatoms. The van der Waals surface area contributed by atoms with Crippen molar-refractivity contribution in [1.29, 1.82) is 0 Å². The summed E-state index contributed by atoms with van der Waals surface area (Å²) >= 11 is 0. The number of nitrogens with one attached hydrogen (secondary N) is 1. The number of carbonyl (C=O) groups is 1. The zero-order chi connectivity index (χ0) is 12.1. The van der Waals surface area contributed by atoms with Crippen LogP contribution in [0.1, 0.15) is 45.1 Å². The number of amides is 1. The highest BCUT2D eigenvalue weighted by atomic mass is 16.2. The molecule has 2 rings (SSSR count). The summed E-state index contributed by atoms with van der Waals surface area (Å²) in [6.07, 6.45) is 9.48. The molecule has 0 saturated heterocycles. The minimum absolute atomic E-state index is 0.0288. The predicted molar refractivity (Wildman–Crippen MR) is 64.3 cm³/mol. The lowest BCUT2D eigenvalue weighted by Crippen LogP contribution is -2.35. The molecule has 0 aliphatic heterocycles. The SMILES string of the molecule is C[C@H](C(=O)NCC1CCCCC1)n1cncn1. The predicted octanol–water partition coefficient (Wildman–Crippen LogP) is 1.54. The van der Waals surface area contributed by atoms with Gasteiger partial charge < -0.3 is 5.32 Å². The third-order valence-corrected chi connectivity index (χ3v) is 3.50. The topological polar surface area (TPSA) is 59.8 Å². The molecule has 1 atom stereocenters. The van der Waals surface area contributed by atoms with Gasteiger partial charge in [-0.1, -0.05) is 19.3 Å². The molecule has 1 heterocycles. The number of nitrogens with zero attached hydrogens (tertiary/aromatic N) is 3. The average Bonchev–Trinajstić information content (AvgIpc) is 2.90. The van der Waals surface area contributed by atoms with E-state index in [2.05, 4.69) is 15.4 Å². The van der Waals surface area contributed by atoms with E-state index in [1.807, 2.05) is 6.92 Å². The second-order valence-electron chi connectivity index (χ2n) is 4.80. The highest BCUT2D eigenvalue weighted by Crippen LogP contribution is 2.22. The van der Waals surface area contributed by atoms with Gasteiger partial charge in [0.25, 0.3) is 0 Å². The molecule has 1 aliphatic carbocycles. The Balaban J connectivity index is 1.76. The van der Waals surface area contributed by atoms with Crippen molar-refractivity contribution < 1.29 is 4.79 Å². The molecule has 1 aliphatic rings. The molecular weight excluding hydrogens is 216 g/mol. The summed E-state index contributed by atoms with van der Waals surface area (Å²) in [7, 11) is 0. The number of rotatable bonds is 4. The van der Waals surface area contributed by atoms with Crippen LogP contribution in [0.4, 0.5) is 0 Å². The second kappa shape index (κ2) is 5.80. The van der Waals surface area contributed by atoms with Crippen molar-refractivity contribution in [2.75, 3.05) is 6.54 Å². The normalized spacial score (nSPS) is 18.9. The van der Waals surface area contributed by atoms with Crippen molar-refractivity contribution in [2.45, 2.75) is 45.1 Å². The summed E-state index contributed by atoms with van der Waals surface area (Å²) in [4.78, 5) is 15.7. The highest BCUT2D eigenvalue weighted by molar-refractivity contribution is 5.79. The number of hydrogen-bond donors (Lipinski definition) is 1. The molecule has 0 unspecified atom stereocenters. The molecule has 1 amide bonds. The maximum atomic E-state index is 11.9. The van der Waals surface area contributed by atoms with Crippen LogP contribution >= 0.6 is 0 Å². The van der Waals surface area contributed by atoms with Crippen LogP contribution in [0, 0.1) is 5.92 Å². The Bertz CT molecular complexity index is 343. The van der Waals surface area contributed by atoms with Gasteiger partial charge in [0.15, 0.2) is 0 Å². The first-order valence-corrected chi connectivity index (χ1v) is 6.39. The molecule has 1 N–H and O–H groups in total. The van der Waals surface area contributed by atoms with Gasteiger partial charge in [-0.25, -0.2) is 9.67 Å². The van der Waals surface area contributed by atoms with Crippen LogP contribution in [-0.2, 0) is 4.79 Å². The quantitative estimate of drug-likeness (QED) is 0.862. The van der Waals surface area contributed by atoms with Crippen LogP contribution in [0.25, 0.3) is 0 Å². The lowest BCUT2D eigenvalue weighted by Gasteiger charge is -2.22. The monoisotopic (exact) mass is 236 g/mol. The third-order valence-electron chi connectivity index (χ3n) is 3.50. The fraction of sp³-hybridized carbons (Fsp3) is 0.750. The maximum absolute atomic E-state index is 11.9. The van der Waals surface area contributed by atoms with E-state index in [0.717, 1.165) is 6.54 Å². The van der Waals surface area contributed by atoms with E-state index >= 15 is 0 Å². The minimum atomic E-state index is -0.277. The van der Waals surface area contributed by atoms with Crippen LogP contribution in [0.2, 0.25) is 0 Å². The van der Waals surface area contributed by atoms with E-state index in [1.165, 1.54) is 38.4 Å². The van der Waals surface area contributed by atoms with Crippen molar-refractivity contribution in [1.82, 2.24) is 20.1 Å². The Hall–Kier alpha value is -1.39. The van der Waals surface area contributed by atoms with Crippen LogP contribution in [0.15, 0.2) is 12.7 Å². The summed E-state index contributed by atoms with van der Waals surface area (Å²) in [5.41, 5.74) is 0. The summed E-state index contributed by atoms with van der Waals surface area (Å²) < 4.78 is 1.58. The Morgan fingerprint density at radius 1 is 1.47 bits per heavy atom. The van der Waals surface area contributed by atoms with Gasteiger partial charge in [0, 0.05) is 6.54 Å². The summed E-state index contributed by atoms with van der Waals surface area (Å²) in [5, 5.41) is 6.99. The number of hydrogen-bond acceptors (Lipinski definition) is 3. The molecule has 0 bridgehead atoms. The van der Waals surface area contributed by atoms with Crippen LogP contribution in [0.5, 0.6) is 0 Å². The van der Waals surface area contributed by atoms with Gasteiger partial charge in [0.1, 0.15) is 18.7 Å². The van der Waals surface area contributed by atoms with Gasteiger partial charge in [0.05, 0.1) is 0 Å². The molecule has 5 nitrogen and oxygen atoms in total. The molecule has 1 saturated carbocycles. The van der Waals surface area contributed by atoms with E-state index in [4.69, 9.17) is 0 Å². The first-order chi connectivity index (χ1) is 8.27. The zero-order valence-electron chi connectivity index (χ0n) is 10.3. The van der Waals surface area contributed by atoms with Crippen molar-refractivity contribution in [2.24, 2.45) is 5.92 Å². The zero-order valence-corrected chi connectivity index (χ0v) is 10.3. The Morgan fingerprint density at radius 2 is 2.24 bits per heavy atom. The maximum Gasteiger partial charge on any atom is 0.244 e. The summed E-state index contributed by atoms with van der Waals surface area (Å²) in [6, 6.07) is -0.277. The molecule has 1 aromatic heterocycles. The summed E-state index contributed by atoms with van der Waals surface area (Å²) in [5.74, 6) is 0.691. The third kappa shape index (κ3) is 3.28. The summed E-state index contributed by atoms with van der Waals surface area (Å²) in [6.45, 7) is 2.64. The van der Waals surface area contributed by atoms with Gasteiger partial charge >= 0.3 is 0 Å². The molecule has 0 radical (unpaired) electrons. The molecule has 1 aromatic rings. The van der Waals surface area contributed by atoms with E-state index < -0.39 is 0 Å². The largest absolute Gasteiger partial charge is 0.354 e. The first-order valence-electron chi connectivity index (χ1n) is 6.39.